The Balaban J connectivity index is 0. The first-order chi connectivity index (χ1) is 3.66. The van der Waals surface area contributed by atoms with Gasteiger partial charge in [0.05, 0.1) is 6.42 Å². The largest absolute Gasteiger partial charge is 0.481 e. The molecule has 0 heterocycles. The van der Waals surface area contributed by atoms with Gasteiger partial charge in [0.15, 0.2) is 0 Å². The molecule has 1 atom stereocenters. The van der Waals surface area contributed by atoms with Crippen LogP contribution in [0, 0.1) is 0 Å². The Morgan fingerprint density at radius 2 is 2.22 bits per heavy atom. The molecule has 3 nitrogen and oxygen atoms in total. The normalized spacial score (nSPS) is 11.8. The molecule has 0 amide bonds. The number of thiol groups is 1. The average Bonchev–Trinajstić information content (AvgIpc) is 1.65. The summed E-state index contributed by atoms with van der Waals surface area (Å²) in [6.45, 7) is 0.315. The Kier molecular flexibility index (Phi) is 8.13. The van der Waals surface area contributed by atoms with E-state index < -0.39 is 5.97 Å². The van der Waals surface area contributed by atoms with Gasteiger partial charge in [-0.05, 0) is 0 Å². The van der Waals surface area contributed by atoms with Crippen LogP contribution in [0.1, 0.15) is 6.42 Å². The molecule has 0 rings (SSSR count). The van der Waals surface area contributed by atoms with E-state index in [9.17, 15) is 4.79 Å². The monoisotopic (exact) mass is 171 g/mol. The maximum absolute atomic E-state index is 9.86. The molecule has 1 unspecified atom stereocenters. The minimum absolute atomic E-state index is 0. The van der Waals surface area contributed by atoms with E-state index >= 15 is 0 Å². The highest BCUT2D eigenvalue weighted by molar-refractivity contribution is 7.81. The lowest BCUT2D eigenvalue weighted by molar-refractivity contribution is -0.136. The predicted octanol–water partition coefficient (Wildman–Crippen LogP) is 0.140. The van der Waals surface area contributed by atoms with Gasteiger partial charge in [-0.2, -0.15) is 12.6 Å². The summed E-state index contributed by atoms with van der Waals surface area (Å²) in [6.07, 6.45) is 0.0413. The van der Waals surface area contributed by atoms with Gasteiger partial charge in [0.25, 0.3) is 0 Å². The fraction of sp³-hybridized carbons (Fsp3) is 0.750. The first-order valence-electron chi connectivity index (χ1n) is 2.26. The average molecular weight is 172 g/mol. The Morgan fingerprint density at radius 1 is 1.78 bits per heavy atom. The lowest BCUT2D eigenvalue weighted by Crippen LogP contribution is -2.17. The fourth-order valence-electron chi connectivity index (χ4n) is 0.285. The van der Waals surface area contributed by atoms with E-state index in [4.69, 9.17) is 10.8 Å². The van der Waals surface area contributed by atoms with E-state index in [-0.39, 0.29) is 24.1 Å². The summed E-state index contributed by atoms with van der Waals surface area (Å²) in [4.78, 5) is 9.86. The van der Waals surface area contributed by atoms with Crippen LogP contribution in [0.2, 0.25) is 0 Å². The van der Waals surface area contributed by atoms with Gasteiger partial charge >= 0.3 is 5.97 Å². The van der Waals surface area contributed by atoms with Crippen molar-refractivity contribution in [1.29, 1.82) is 0 Å². The van der Waals surface area contributed by atoms with Gasteiger partial charge < -0.3 is 10.8 Å². The number of rotatable bonds is 3. The zero-order valence-electron chi connectivity index (χ0n) is 4.78. The van der Waals surface area contributed by atoms with Crippen molar-refractivity contribution in [2.75, 3.05) is 6.54 Å². The van der Waals surface area contributed by atoms with Crippen molar-refractivity contribution in [3.8, 4) is 0 Å². The van der Waals surface area contributed by atoms with Crippen LogP contribution in [-0.2, 0) is 4.79 Å². The molecule has 0 aliphatic heterocycles. The quantitative estimate of drug-likeness (QED) is 0.530. The number of carbonyl (C=O) groups is 1. The number of aliphatic carboxylic acids is 1. The minimum atomic E-state index is -0.851. The molecule has 0 radical (unpaired) electrons. The Bertz CT molecular complexity index is 90.6. The first kappa shape index (κ1) is 11.8. The lowest BCUT2D eigenvalue weighted by Gasteiger charge is -2.00. The van der Waals surface area contributed by atoms with Gasteiger partial charge in [0, 0.05) is 11.8 Å². The molecule has 0 saturated heterocycles. The van der Waals surface area contributed by atoms with Gasteiger partial charge in [0.1, 0.15) is 0 Å². The summed E-state index contributed by atoms with van der Waals surface area (Å²) >= 11 is 3.86. The third-order valence-corrected chi connectivity index (χ3v) is 1.08. The molecular formula is C4H10ClNO2S. The summed E-state index contributed by atoms with van der Waals surface area (Å²) in [6, 6.07) is 0. The van der Waals surface area contributed by atoms with Crippen LogP contribution in [0.25, 0.3) is 0 Å². The Hall–Kier alpha value is 0.0700. The highest BCUT2D eigenvalue weighted by Gasteiger charge is 2.04. The van der Waals surface area contributed by atoms with Gasteiger partial charge in [-0.25, -0.2) is 0 Å². The molecule has 9 heavy (non-hydrogen) atoms. The zero-order chi connectivity index (χ0) is 6.57. The summed E-state index contributed by atoms with van der Waals surface area (Å²) in [5, 5.41) is 7.91. The first-order valence-corrected chi connectivity index (χ1v) is 2.78. The highest BCUT2D eigenvalue weighted by Crippen LogP contribution is 1.96. The molecule has 0 aromatic heterocycles. The fourth-order valence-corrected chi connectivity index (χ4v) is 0.441. The molecule has 3 N–H and O–H groups in total. The number of hydrogen-bond donors (Lipinski definition) is 3. The molecule has 5 heteroatoms. The zero-order valence-corrected chi connectivity index (χ0v) is 6.49. The van der Waals surface area contributed by atoms with Crippen LogP contribution in [-0.4, -0.2) is 22.9 Å². The van der Waals surface area contributed by atoms with E-state index in [1.165, 1.54) is 0 Å². The van der Waals surface area contributed by atoms with Crippen LogP contribution in [0.3, 0.4) is 0 Å². The van der Waals surface area contributed by atoms with Crippen molar-refractivity contribution < 1.29 is 9.90 Å². The van der Waals surface area contributed by atoms with Crippen molar-refractivity contribution in [3.63, 3.8) is 0 Å². The molecule has 56 valence electrons. The number of halogens is 1. The maximum Gasteiger partial charge on any atom is 0.304 e. The number of carboxylic acids is 1. The van der Waals surface area contributed by atoms with Gasteiger partial charge in [-0.15, -0.1) is 12.4 Å². The standard InChI is InChI=1S/C4H9NO2S.ClH/c5-2-3(8)1-4(6)7;/h3,8H,1-2,5H2,(H,6,7);1H. The summed E-state index contributed by atoms with van der Waals surface area (Å²) in [5.41, 5.74) is 5.08. The van der Waals surface area contributed by atoms with E-state index in [0.717, 1.165) is 0 Å². The second-order valence-corrected chi connectivity index (χ2v) is 2.22. The van der Waals surface area contributed by atoms with Crippen LogP contribution in [0.5, 0.6) is 0 Å². The molecule has 0 saturated carbocycles. The smallest absolute Gasteiger partial charge is 0.304 e. The van der Waals surface area contributed by atoms with E-state index in [2.05, 4.69) is 12.6 Å². The molecule has 0 aromatic rings. The van der Waals surface area contributed by atoms with Crippen LogP contribution >= 0.6 is 25.0 Å². The highest BCUT2D eigenvalue weighted by atomic mass is 35.5. The molecule has 0 aliphatic carbocycles. The minimum Gasteiger partial charge on any atom is -0.481 e. The number of carboxylic acid groups (broad SMARTS) is 1. The van der Waals surface area contributed by atoms with Crippen molar-refractivity contribution in [2.45, 2.75) is 11.7 Å². The van der Waals surface area contributed by atoms with E-state index in [1.807, 2.05) is 0 Å². The molecule has 0 aliphatic rings. The van der Waals surface area contributed by atoms with Crippen molar-refractivity contribution in [2.24, 2.45) is 5.73 Å². The molecule has 0 spiro atoms. The number of hydrogen-bond acceptors (Lipinski definition) is 3. The van der Waals surface area contributed by atoms with Crippen molar-refractivity contribution in [3.05, 3.63) is 0 Å². The van der Waals surface area contributed by atoms with Gasteiger partial charge in [0.2, 0.25) is 0 Å². The lowest BCUT2D eigenvalue weighted by atomic mass is 10.3. The molecule has 0 bridgehead atoms. The van der Waals surface area contributed by atoms with Crippen LogP contribution < -0.4 is 5.73 Å². The van der Waals surface area contributed by atoms with Crippen molar-refractivity contribution >= 4 is 31.0 Å². The summed E-state index contributed by atoms with van der Waals surface area (Å²) in [5.74, 6) is -0.851. The van der Waals surface area contributed by atoms with Gasteiger partial charge in [-0.1, -0.05) is 0 Å². The predicted molar refractivity (Wildman–Crippen MR) is 41.3 cm³/mol. The molecule has 0 aromatic carbocycles. The van der Waals surface area contributed by atoms with Crippen LogP contribution in [0.4, 0.5) is 0 Å². The Morgan fingerprint density at radius 3 is 2.33 bits per heavy atom. The van der Waals surface area contributed by atoms with Gasteiger partial charge in [-0.3, -0.25) is 4.79 Å². The second-order valence-electron chi connectivity index (χ2n) is 1.49. The van der Waals surface area contributed by atoms with E-state index in [0.29, 0.717) is 6.54 Å². The second kappa shape index (κ2) is 6.19. The number of nitrogens with two attached hydrogens (primary N) is 1. The van der Waals surface area contributed by atoms with Crippen LogP contribution in [0.15, 0.2) is 0 Å². The Labute approximate surface area is 65.4 Å². The molecule has 0 fully saturated rings. The maximum atomic E-state index is 9.86. The van der Waals surface area contributed by atoms with E-state index in [1.54, 1.807) is 0 Å². The summed E-state index contributed by atoms with van der Waals surface area (Å²) in [7, 11) is 0. The summed E-state index contributed by atoms with van der Waals surface area (Å²) < 4.78 is 0. The SMILES string of the molecule is Cl.NCC(S)CC(=O)O. The third kappa shape index (κ3) is 8.07. The van der Waals surface area contributed by atoms with Crippen molar-refractivity contribution in [1.82, 2.24) is 0 Å². The topological polar surface area (TPSA) is 63.3 Å². The molecular weight excluding hydrogens is 162 g/mol. The third-order valence-electron chi connectivity index (χ3n) is 0.682.